The average Bonchev–Trinajstić information content (AvgIpc) is 1.57. The van der Waals surface area contributed by atoms with Crippen LogP contribution in [0.25, 0.3) is 0 Å². The molecule has 0 amide bonds. The Morgan fingerprint density at radius 1 is 0.330 bits per heavy atom. The predicted molar refractivity (Wildman–Crippen MR) is 407 cm³/mol. The zero-order valence-electron chi connectivity index (χ0n) is 63.7. The predicted octanol–water partition coefficient (Wildman–Crippen LogP) is 27.1. The fourth-order valence-electron chi connectivity index (χ4n) is 12.8. The third-order valence-corrected chi connectivity index (χ3v) is 20.1. The first-order valence-electron chi connectivity index (χ1n) is 41.7. The molecule has 0 saturated heterocycles. The number of nitrogens with zero attached hydrogens (tertiary/aromatic N) is 1. The molecular weight excluding hydrogens is 1180 g/mol. The average molecular weight is 1350 g/mol. The summed E-state index contributed by atoms with van der Waals surface area (Å²) in [5, 5.41) is 0. The third-order valence-electron chi connectivity index (χ3n) is 19.2. The number of phosphoric acid groups is 1. The van der Waals surface area contributed by atoms with E-state index < -0.39 is 26.5 Å². The van der Waals surface area contributed by atoms with E-state index in [2.05, 4.69) is 50.3 Å². The molecule has 94 heavy (non-hydrogen) atoms. The van der Waals surface area contributed by atoms with E-state index in [1.165, 1.54) is 360 Å². The SMILES string of the molecule is CCCCCCC/C=C\C/C=C\C/C=C\CCCCCCCCCCCCCCCCCCCCCCCCCCCCC(=O)OC(COC(=O)CCCCCCCCCCCCCCCCCCCCCCCCCCCCCCC)COP(=O)([O-])OCC[N+](C)(C)C. The highest BCUT2D eigenvalue weighted by atomic mass is 31.2. The van der Waals surface area contributed by atoms with Gasteiger partial charge in [-0.15, -0.1) is 0 Å². The Hall–Kier alpha value is -1.77. The highest BCUT2D eigenvalue weighted by molar-refractivity contribution is 7.45. The first-order valence-corrected chi connectivity index (χ1v) is 43.2. The summed E-state index contributed by atoms with van der Waals surface area (Å²) >= 11 is 0. The number of esters is 2. The number of allylic oxidation sites excluding steroid dienone is 6. The van der Waals surface area contributed by atoms with Gasteiger partial charge in [-0.05, 0) is 51.4 Å². The van der Waals surface area contributed by atoms with Crippen LogP contribution in [-0.4, -0.2) is 70.0 Å². The molecule has 0 rings (SSSR count). The lowest BCUT2D eigenvalue weighted by molar-refractivity contribution is -0.870. The van der Waals surface area contributed by atoms with Gasteiger partial charge in [0.2, 0.25) is 0 Å². The van der Waals surface area contributed by atoms with Gasteiger partial charge in [0.1, 0.15) is 19.8 Å². The molecule has 0 radical (unpaired) electrons. The Kier molecular flexibility index (Phi) is 74.0. The molecular formula is C84H162NO8P. The van der Waals surface area contributed by atoms with Gasteiger partial charge in [-0.3, -0.25) is 14.2 Å². The Morgan fingerprint density at radius 2 is 0.574 bits per heavy atom. The number of hydrogen-bond donors (Lipinski definition) is 0. The van der Waals surface area contributed by atoms with Gasteiger partial charge in [0.15, 0.2) is 6.10 Å². The lowest BCUT2D eigenvalue weighted by atomic mass is 10.0. The second-order valence-electron chi connectivity index (χ2n) is 29.9. The standard InChI is InChI=1S/C84H162NO8P/c1-6-8-10-12-14-16-18-20-22-24-26-28-30-32-34-36-37-38-39-40-41-42-43-44-45-46-47-49-51-53-55-57-59-61-63-65-67-69-71-73-75-77-84(87)93-82(81-92-94(88,89)91-79-78-85(3,4)5)80-90-83(86)76-74-72-70-68-66-64-62-60-58-56-54-52-50-48-35-33-31-29-27-25-23-21-19-17-15-13-11-9-7-2/h18,20,24,26,30,32,82H,6-17,19,21-23,25,27-29,31,33-81H2,1-5H3/b20-18-,26-24-,32-30-. The maximum Gasteiger partial charge on any atom is 0.306 e. The number of ether oxygens (including phenoxy) is 2. The van der Waals surface area contributed by atoms with Crippen LogP contribution in [-0.2, 0) is 32.7 Å². The molecule has 0 aromatic heterocycles. The van der Waals surface area contributed by atoms with Crippen molar-refractivity contribution < 1.29 is 42.1 Å². The van der Waals surface area contributed by atoms with Gasteiger partial charge in [-0.1, -0.05) is 410 Å². The second-order valence-corrected chi connectivity index (χ2v) is 31.3. The van der Waals surface area contributed by atoms with E-state index >= 15 is 0 Å². The molecule has 0 aliphatic heterocycles. The van der Waals surface area contributed by atoms with E-state index in [-0.39, 0.29) is 32.0 Å². The van der Waals surface area contributed by atoms with Crippen LogP contribution in [0.15, 0.2) is 36.5 Å². The van der Waals surface area contributed by atoms with Crippen molar-refractivity contribution in [3.05, 3.63) is 36.5 Å². The number of likely N-dealkylation sites (N-methyl/N-ethyl adjacent to an activating group) is 1. The second kappa shape index (κ2) is 75.4. The van der Waals surface area contributed by atoms with Gasteiger partial charge in [0, 0.05) is 12.8 Å². The Balaban J connectivity index is 3.86. The van der Waals surface area contributed by atoms with Crippen molar-refractivity contribution in [2.45, 2.75) is 444 Å². The number of hydrogen-bond acceptors (Lipinski definition) is 8. The topological polar surface area (TPSA) is 111 Å². The van der Waals surface area contributed by atoms with E-state index in [0.717, 1.165) is 44.9 Å². The van der Waals surface area contributed by atoms with Crippen LogP contribution in [0, 0.1) is 0 Å². The lowest BCUT2D eigenvalue weighted by Gasteiger charge is -2.28. The van der Waals surface area contributed by atoms with Crippen LogP contribution in [0.5, 0.6) is 0 Å². The first kappa shape index (κ1) is 92.2. The largest absolute Gasteiger partial charge is 0.756 e. The maximum absolute atomic E-state index is 12.9. The van der Waals surface area contributed by atoms with Crippen LogP contribution in [0.4, 0.5) is 0 Å². The van der Waals surface area contributed by atoms with E-state index in [1.807, 2.05) is 21.1 Å². The lowest BCUT2D eigenvalue weighted by Crippen LogP contribution is -2.37. The molecule has 2 atom stereocenters. The Bertz CT molecular complexity index is 1680. The molecule has 0 fully saturated rings. The monoisotopic (exact) mass is 1340 g/mol. The molecule has 2 unspecified atom stereocenters. The van der Waals surface area contributed by atoms with Crippen LogP contribution in [0.3, 0.4) is 0 Å². The van der Waals surface area contributed by atoms with Gasteiger partial charge in [-0.25, -0.2) is 0 Å². The van der Waals surface area contributed by atoms with E-state index in [1.54, 1.807) is 0 Å². The molecule has 0 saturated carbocycles. The van der Waals surface area contributed by atoms with Crippen molar-refractivity contribution in [3.63, 3.8) is 0 Å². The number of rotatable bonds is 79. The minimum absolute atomic E-state index is 0.0264. The minimum Gasteiger partial charge on any atom is -0.756 e. The third kappa shape index (κ3) is 79.2. The molecule has 0 aromatic rings. The number of unbranched alkanes of at least 4 members (excludes halogenated alkanes) is 59. The summed E-state index contributed by atoms with van der Waals surface area (Å²) in [7, 11) is 1.19. The fourth-order valence-corrected chi connectivity index (χ4v) is 13.5. The fraction of sp³-hybridized carbons (Fsp3) is 0.905. The summed E-state index contributed by atoms with van der Waals surface area (Å²) in [6.45, 7) is 4.32. The van der Waals surface area contributed by atoms with Gasteiger partial charge < -0.3 is 27.9 Å². The molecule has 9 nitrogen and oxygen atoms in total. The van der Waals surface area contributed by atoms with Gasteiger partial charge in [0.25, 0.3) is 7.82 Å². The van der Waals surface area contributed by atoms with Crippen molar-refractivity contribution in [1.29, 1.82) is 0 Å². The number of carbonyl (C=O) groups is 2. The van der Waals surface area contributed by atoms with Crippen molar-refractivity contribution in [2.24, 2.45) is 0 Å². The van der Waals surface area contributed by atoms with Gasteiger partial charge in [0.05, 0.1) is 27.7 Å². The molecule has 0 heterocycles. The maximum atomic E-state index is 12.9. The van der Waals surface area contributed by atoms with Gasteiger partial charge >= 0.3 is 11.9 Å². The molecule has 556 valence electrons. The van der Waals surface area contributed by atoms with E-state index in [0.29, 0.717) is 17.4 Å². The number of carbonyl (C=O) groups excluding carboxylic acids is 2. The summed E-state index contributed by atoms with van der Waals surface area (Å²) in [5.41, 5.74) is 0. The zero-order chi connectivity index (χ0) is 68.3. The summed E-state index contributed by atoms with van der Waals surface area (Å²) in [6, 6.07) is 0. The molecule has 0 spiro atoms. The number of quaternary nitrogens is 1. The smallest absolute Gasteiger partial charge is 0.306 e. The van der Waals surface area contributed by atoms with Crippen LogP contribution in [0.2, 0.25) is 0 Å². The highest BCUT2D eigenvalue weighted by Crippen LogP contribution is 2.38. The quantitative estimate of drug-likeness (QED) is 0.0195. The first-order chi connectivity index (χ1) is 46.0. The van der Waals surface area contributed by atoms with Crippen molar-refractivity contribution in [3.8, 4) is 0 Å². The van der Waals surface area contributed by atoms with Crippen molar-refractivity contribution in [1.82, 2.24) is 0 Å². The van der Waals surface area contributed by atoms with E-state index in [4.69, 9.17) is 18.5 Å². The van der Waals surface area contributed by atoms with Crippen LogP contribution >= 0.6 is 7.82 Å². The molecule has 0 aromatic carbocycles. The molecule has 0 aliphatic rings. The van der Waals surface area contributed by atoms with Crippen LogP contribution < -0.4 is 4.89 Å². The Labute approximate surface area is 586 Å². The van der Waals surface area contributed by atoms with E-state index in [9.17, 15) is 19.0 Å². The normalized spacial score (nSPS) is 13.1. The van der Waals surface area contributed by atoms with Crippen LogP contribution in [0.1, 0.15) is 438 Å². The summed E-state index contributed by atoms with van der Waals surface area (Å²) < 4.78 is 34.4. The summed E-state index contributed by atoms with van der Waals surface area (Å²) in [6.07, 6.45) is 98.6. The van der Waals surface area contributed by atoms with Crippen molar-refractivity contribution >= 4 is 19.8 Å². The molecule has 0 aliphatic carbocycles. The molecule has 0 N–H and O–H groups in total. The minimum atomic E-state index is -4.64. The summed E-state index contributed by atoms with van der Waals surface area (Å²) in [5.74, 6) is -0.804. The molecule has 10 heteroatoms. The highest BCUT2D eigenvalue weighted by Gasteiger charge is 2.22. The van der Waals surface area contributed by atoms with Gasteiger partial charge in [-0.2, -0.15) is 0 Å². The number of phosphoric ester groups is 1. The summed E-state index contributed by atoms with van der Waals surface area (Å²) in [4.78, 5) is 38.2. The Morgan fingerprint density at radius 3 is 0.851 bits per heavy atom. The molecule has 0 bridgehead atoms. The van der Waals surface area contributed by atoms with Crippen molar-refractivity contribution in [2.75, 3.05) is 47.5 Å². The zero-order valence-corrected chi connectivity index (χ0v) is 64.6.